The summed E-state index contributed by atoms with van der Waals surface area (Å²) in [6.45, 7) is 0.232. The average molecular weight is 499 g/mol. The number of imide groups is 1. The number of amidine groups is 1. The van der Waals surface area contributed by atoms with E-state index >= 15 is 0 Å². The summed E-state index contributed by atoms with van der Waals surface area (Å²) in [7, 11) is 0. The minimum absolute atomic E-state index is 0.0426. The van der Waals surface area contributed by atoms with E-state index in [1.54, 1.807) is 6.08 Å². The molecule has 0 spiro atoms. The minimum atomic E-state index is -0.436. The zero-order chi connectivity index (χ0) is 24.1. The Bertz CT molecular complexity index is 1170. The molecule has 2 aromatic carbocycles. The maximum absolute atomic E-state index is 13.4. The molecular formula is C23H19FN4O4S2. The van der Waals surface area contributed by atoms with Gasteiger partial charge in [-0.3, -0.25) is 29.0 Å². The fourth-order valence-corrected chi connectivity index (χ4v) is 4.80. The van der Waals surface area contributed by atoms with Crippen LogP contribution < -0.4 is 10.2 Å². The molecule has 0 aromatic heterocycles. The van der Waals surface area contributed by atoms with Gasteiger partial charge in [0.2, 0.25) is 11.8 Å². The monoisotopic (exact) mass is 498 g/mol. The first-order chi connectivity index (χ1) is 16.4. The number of thioether (sulfide) groups is 2. The summed E-state index contributed by atoms with van der Waals surface area (Å²) in [6.07, 6.45) is 1.65. The first-order valence-electron chi connectivity index (χ1n) is 10.2. The molecule has 0 aliphatic carbocycles. The summed E-state index contributed by atoms with van der Waals surface area (Å²) < 4.78 is 13.4. The van der Waals surface area contributed by atoms with Crippen molar-refractivity contribution in [1.82, 2.24) is 10.2 Å². The third-order valence-electron chi connectivity index (χ3n) is 4.85. The Morgan fingerprint density at radius 3 is 2.53 bits per heavy atom. The van der Waals surface area contributed by atoms with Crippen LogP contribution in [0.4, 0.5) is 14.9 Å². The number of nitrogens with one attached hydrogen (secondary N) is 1. The molecule has 34 heavy (non-hydrogen) atoms. The topological polar surface area (TPSA) is 99.2 Å². The van der Waals surface area contributed by atoms with Gasteiger partial charge in [-0.25, -0.2) is 9.38 Å². The highest BCUT2D eigenvalue weighted by Crippen LogP contribution is 2.29. The number of carbonyl (C=O) groups excluding carboxylic acids is 4. The van der Waals surface area contributed by atoms with Crippen LogP contribution >= 0.6 is 23.5 Å². The highest BCUT2D eigenvalue weighted by Gasteiger charge is 2.33. The number of rotatable bonds is 7. The molecule has 2 aliphatic rings. The van der Waals surface area contributed by atoms with Gasteiger partial charge >= 0.3 is 0 Å². The Morgan fingerprint density at radius 1 is 1.12 bits per heavy atom. The summed E-state index contributed by atoms with van der Waals surface area (Å²) >= 11 is 2.00. The lowest BCUT2D eigenvalue weighted by atomic mass is 10.2. The van der Waals surface area contributed by atoms with E-state index in [0.717, 1.165) is 34.0 Å². The second-order valence-corrected chi connectivity index (χ2v) is 9.06. The number of carbonyl (C=O) groups is 4. The van der Waals surface area contributed by atoms with E-state index < -0.39 is 5.82 Å². The van der Waals surface area contributed by atoms with Gasteiger partial charge < -0.3 is 5.32 Å². The molecule has 4 amide bonds. The molecule has 0 unspecified atom stereocenters. The van der Waals surface area contributed by atoms with E-state index in [4.69, 9.17) is 0 Å². The summed E-state index contributed by atoms with van der Waals surface area (Å²) in [6, 6.07) is 14.7. The average Bonchev–Trinajstić information content (AvgIpc) is 3.32. The number of hydrogen-bond acceptors (Lipinski definition) is 7. The third-order valence-corrected chi connectivity index (χ3v) is 6.65. The SMILES string of the molecule is O=C(CSC1=N/C(=C\c2ccccc2)C(=O)N1c1ccc(F)cc1)NCCN1C(=O)CSC1=O. The normalized spacial score (nSPS) is 17.0. The maximum Gasteiger partial charge on any atom is 0.288 e. The van der Waals surface area contributed by atoms with Crippen molar-refractivity contribution in [2.75, 3.05) is 29.5 Å². The van der Waals surface area contributed by atoms with Gasteiger partial charge in [0.1, 0.15) is 11.5 Å². The Hall–Kier alpha value is -3.44. The van der Waals surface area contributed by atoms with Crippen molar-refractivity contribution >= 4 is 63.4 Å². The number of hydrogen-bond donors (Lipinski definition) is 1. The maximum atomic E-state index is 13.4. The first-order valence-corrected chi connectivity index (χ1v) is 12.2. The van der Waals surface area contributed by atoms with Crippen LogP contribution in [0.3, 0.4) is 0 Å². The summed E-state index contributed by atoms with van der Waals surface area (Å²) in [4.78, 5) is 55.5. The minimum Gasteiger partial charge on any atom is -0.354 e. The van der Waals surface area contributed by atoms with Gasteiger partial charge in [-0.2, -0.15) is 0 Å². The van der Waals surface area contributed by atoms with Gasteiger partial charge in [-0.1, -0.05) is 53.9 Å². The van der Waals surface area contributed by atoms with Crippen LogP contribution in [0.2, 0.25) is 0 Å². The lowest BCUT2D eigenvalue weighted by Crippen LogP contribution is -2.38. The molecule has 0 bridgehead atoms. The van der Waals surface area contributed by atoms with Crippen LogP contribution in [-0.4, -0.2) is 57.6 Å². The smallest absolute Gasteiger partial charge is 0.288 e. The Balaban J connectivity index is 1.43. The molecule has 174 valence electrons. The van der Waals surface area contributed by atoms with E-state index in [0.29, 0.717) is 5.69 Å². The molecule has 1 N–H and O–H groups in total. The molecule has 0 radical (unpaired) electrons. The lowest BCUT2D eigenvalue weighted by molar-refractivity contribution is -0.125. The third kappa shape index (κ3) is 5.54. The molecule has 0 atom stereocenters. The fourth-order valence-electron chi connectivity index (χ4n) is 3.20. The molecule has 4 rings (SSSR count). The standard InChI is InChI=1S/C23H19FN4O4S2/c24-16-6-8-17(9-7-16)28-21(31)18(12-15-4-2-1-3-5-15)26-22(28)33-13-19(29)25-10-11-27-20(30)14-34-23(27)32/h1-9,12H,10-11,13-14H2,(H,25,29)/b18-12-. The van der Waals surface area contributed by atoms with Crippen LogP contribution in [0.5, 0.6) is 0 Å². The molecule has 2 aromatic rings. The first kappa shape index (κ1) is 23.7. The number of nitrogens with zero attached hydrogens (tertiary/aromatic N) is 3. The van der Waals surface area contributed by atoms with Crippen LogP contribution in [-0.2, 0) is 14.4 Å². The van der Waals surface area contributed by atoms with Crippen molar-refractivity contribution < 1.29 is 23.6 Å². The van der Waals surface area contributed by atoms with Gasteiger partial charge in [0.05, 0.1) is 17.2 Å². The molecule has 2 aliphatic heterocycles. The summed E-state index contributed by atoms with van der Waals surface area (Å²) in [5.41, 5.74) is 1.42. The Labute approximate surface area is 203 Å². The summed E-state index contributed by atoms with van der Waals surface area (Å²) in [5.74, 6) is -1.36. The van der Waals surface area contributed by atoms with Crippen molar-refractivity contribution in [3.05, 3.63) is 71.7 Å². The highest BCUT2D eigenvalue weighted by atomic mass is 32.2. The van der Waals surface area contributed by atoms with E-state index in [1.165, 1.54) is 29.2 Å². The predicted octanol–water partition coefficient (Wildman–Crippen LogP) is 3.11. The molecule has 11 heteroatoms. The van der Waals surface area contributed by atoms with Gasteiger partial charge in [0, 0.05) is 13.1 Å². The van der Waals surface area contributed by atoms with Crippen molar-refractivity contribution in [2.45, 2.75) is 0 Å². The van der Waals surface area contributed by atoms with Crippen molar-refractivity contribution in [1.29, 1.82) is 0 Å². The zero-order valence-corrected chi connectivity index (χ0v) is 19.4. The van der Waals surface area contributed by atoms with Crippen molar-refractivity contribution in [2.24, 2.45) is 4.99 Å². The number of aliphatic imine (C=N–C) groups is 1. The van der Waals surface area contributed by atoms with Crippen LogP contribution in [0, 0.1) is 5.82 Å². The quantitative estimate of drug-likeness (QED) is 0.589. The largest absolute Gasteiger partial charge is 0.354 e. The van der Waals surface area contributed by atoms with Crippen LogP contribution in [0.1, 0.15) is 5.56 Å². The second-order valence-electron chi connectivity index (χ2n) is 7.19. The molecule has 0 saturated carbocycles. The number of halogens is 1. The van der Waals surface area contributed by atoms with Gasteiger partial charge in [-0.05, 0) is 35.9 Å². The number of anilines is 1. The molecular weight excluding hydrogens is 479 g/mol. The highest BCUT2D eigenvalue weighted by molar-refractivity contribution is 8.15. The molecule has 1 saturated heterocycles. The Morgan fingerprint density at radius 2 is 1.85 bits per heavy atom. The van der Waals surface area contributed by atoms with Gasteiger partial charge in [-0.15, -0.1) is 0 Å². The second kappa shape index (κ2) is 10.7. The van der Waals surface area contributed by atoms with Gasteiger partial charge in [0.25, 0.3) is 11.1 Å². The summed E-state index contributed by atoms with van der Waals surface area (Å²) in [5, 5.41) is 2.63. The lowest BCUT2D eigenvalue weighted by Gasteiger charge is -2.18. The van der Waals surface area contributed by atoms with E-state index in [9.17, 15) is 23.6 Å². The van der Waals surface area contributed by atoms with Crippen LogP contribution in [0.15, 0.2) is 65.3 Å². The number of benzene rings is 2. The van der Waals surface area contributed by atoms with E-state index in [1.807, 2.05) is 30.3 Å². The van der Waals surface area contributed by atoms with Crippen molar-refractivity contribution in [3.63, 3.8) is 0 Å². The fraction of sp³-hybridized carbons (Fsp3) is 0.174. The van der Waals surface area contributed by atoms with Crippen LogP contribution in [0.25, 0.3) is 6.08 Å². The number of amides is 4. The van der Waals surface area contributed by atoms with Gasteiger partial charge in [0.15, 0.2) is 5.17 Å². The van der Waals surface area contributed by atoms with E-state index in [2.05, 4.69) is 10.3 Å². The van der Waals surface area contributed by atoms with Crippen molar-refractivity contribution in [3.8, 4) is 0 Å². The van der Waals surface area contributed by atoms with E-state index in [-0.39, 0.29) is 58.4 Å². The zero-order valence-electron chi connectivity index (χ0n) is 17.8. The predicted molar refractivity (Wildman–Crippen MR) is 131 cm³/mol. The molecule has 8 nitrogen and oxygen atoms in total. The Kier molecular flexibility index (Phi) is 7.43. The molecule has 2 heterocycles. The molecule has 1 fully saturated rings.